The van der Waals surface area contributed by atoms with Crippen molar-refractivity contribution in [3.05, 3.63) is 0 Å². The highest BCUT2D eigenvalue weighted by Gasteiger charge is 2.22. The quantitative estimate of drug-likeness (QED) is 0.590. The Balaban J connectivity index is 4.41. The summed E-state index contributed by atoms with van der Waals surface area (Å²) in [6, 6.07) is -0.512. The van der Waals surface area contributed by atoms with Gasteiger partial charge in [-0.05, 0) is 13.2 Å². The molecule has 1 amide bonds. The van der Waals surface area contributed by atoms with E-state index >= 15 is 0 Å². The smallest absolute Gasteiger partial charge is 0.421 e. The minimum Gasteiger partial charge on any atom is -0.452 e. The van der Waals surface area contributed by atoms with Gasteiger partial charge in [-0.2, -0.15) is 24.9 Å². The number of carbonyl (C=O) groups is 1. The number of ether oxygens (including phenoxy) is 1. The largest absolute Gasteiger partial charge is 0.452 e. The summed E-state index contributed by atoms with van der Waals surface area (Å²) in [7, 11) is -2.89. The third kappa shape index (κ3) is 5.54. The van der Waals surface area contributed by atoms with Gasteiger partial charge in [-0.15, -0.1) is 0 Å². The first kappa shape index (κ1) is 15.5. The summed E-state index contributed by atoms with van der Waals surface area (Å²) in [4.78, 5) is 10.7. The summed E-state index contributed by atoms with van der Waals surface area (Å²) < 4.78 is 30.7. The molecule has 0 aromatic heterocycles. The summed E-state index contributed by atoms with van der Waals surface area (Å²) in [5.41, 5.74) is 0. The van der Waals surface area contributed by atoms with E-state index in [0.717, 1.165) is 7.11 Å². The molecule has 0 bridgehead atoms. The van der Waals surface area contributed by atoms with Crippen LogP contribution in [0.5, 0.6) is 0 Å². The zero-order valence-corrected chi connectivity index (χ0v) is 10.9. The first-order valence-corrected chi connectivity index (χ1v) is 7.15. The number of rotatable bonds is 6. The Morgan fingerprint density at radius 2 is 2.12 bits per heavy atom. The summed E-state index contributed by atoms with van der Waals surface area (Å²) in [5, 5.41) is 8.67. The lowest BCUT2D eigenvalue weighted by molar-refractivity contribution is 0.177. The molecule has 0 rings (SSSR count). The van der Waals surface area contributed by atoms with Crippen molar-refractivity contribution < 1.29 is 23.1 Å². The van der Waals surface area contributed by atoms with Crippen LogP contribution in [-0.4, -0.2) is 50.9 Å². The number of methoxy groups -OCH3 is 1. The molecule has 2 atom stereocenters. The molecule has 0 saturated carbocycles. The Morgan fingerprint density at radius 1 is 1.56 bits per heavy atom. The van der Waals surface area contributed by atoms with E-state index in [-0.39, 0.29) is 11.9 Å². The molecule has 9 heteroatoms. The minimum absolute atomic E-state index is 0.164. The van der Waals surface area contributed by atoms with Crippen molar-refractivity contribution >= 4 is 28.1 Å². The van der Waals surface area contributed by atoms with E-state index in [9.17, 15) is 13.2 Å². The lowest BCUT2D eigenvalue weighted by atomic mass is 10.3. The summed E-state index contributed by atoms with van der Waals surface area (Å²) in [5.74, 6) is 0. The Bertz CT molecular complexity index is 315. The molecule has 3 N–H and O–H groups in total. The van der Waals surface area contributed by atoms with E-state index in [1.807, 2.05) is 0 Å². The molecule has 0 aliphatic heterocycles. The molecular formula is C7H16N2O5S2. The number of hydrogen-bond acceptors (Lipinski definition) is 6. The number of thioether (sulfide) groups is 1. The molecule has 7 nitrogen and oxygen atoms in total. The highest BCUT2D eigenvalue weighted by atomic mass is 32.2. The number of hydrogen-bond donors (Lipinski definition) is 3. The summed E-state index contributed by atoms with van der Waals surface area (Å²) >= 11 is 1.32. The standard InChI is InChI=1S/C7H16N2O5S2/c1-5(6(4-10)15-3)8-16(12,13)9-7(11)14-2/h5-6,8,10H,4H2,1-3H3,(H,9,11). The fourth-order valence-corrected chi connectivity index (χ4v) is 2.67. The monoisotopic (exact) mass is 272 g/mol. The van der Waals surface area contributed by atoms with Crippen molar-refractivity contribution in [2.75, 3.05) is 20.0 Å². The summed E-state index contributed by atoms with van der Waals surface area (Å²) in [6.07, 6.45) is 0.684. The minimum atomic E-state index is -3.96. The van der Waals surface area contributed by atoms with Crippen molar-refractivity contribution in [3.63, 3.8) is 0 Å². The molecule has 0 radical (unpaired) electrons. The van der Waals surface area contributed by atoms with E-state index in [2.05, 4.69) is 9.46 Å². The predicted octanol–water partition coefficient (Wildman–Crippen LogP) is -0.711. The second kappa shape index (κ2) is 6.94. The molecule has 96 valence electrons. The number of nitrogens with one attached hydrogen (secondary N) is 2. The SMILES string of the molecule is COC(=O)NS(=O)(=O)NC(C)C(CO)SC. The van der Waals surface area contributed by atoms with Crippen LogP contribution in [0.25, 0.3) is 0 Å². The predicted molar refractivity (Wildman–Crippen MR) is 61.4 cm³/mol. The van der Waals surface area contributed by atoms with E-state index < -0.39 is 22.3 Å². The van der Waals surface area contributed by atoms with Gasteiger partial charge in [0.05, 0.1) is 13.7 Å². The molecule has 0 aromatic rings. The Labute approximate surface area is 99.1 Å². The fourth-order valence-electron chi connectivity index (χ4n) is 0.938. The molecule has 0 saturated heterocycles. The van der Waals surface area contributed by atoms with Crippen LogP contribution in [0, 0.1) is 0 Å². The van der Waals surface area contributed by atoms with E-state index in [1.54, 1.807) is 17.9 Å². The molecule has 0 spiro atoms. The second-order valence-corrected chi connectivity index (χ2v) is 5.48. The van der Waals surface area contributed by atoms with Crippen LogP contribution in [0.15, 0.2) is 0 Å². The fraction of sp³-hybridized carbons (Fsp3) is 0.857. The maximum Gasteiger partial charge on any atom is 0.421 e. The average molecular weight is 272 g/mol. The number of aliphatic hydroxyl groups excluding tert-OH is 1. The van der Waals surface area contributed by atoms with Gasteiger partial charge in [-0.3, -0.25) is 0 Å². The lowest BCUT2D eigenvalue weighted by Crippen LogP contribution is -2.48. The average Bonchev–Trinajstić information content (AvgIpc) is 2.17. The van der Waals surface area contributed by atoms with Crippen molar-refractivity contribution in [1.29, 1.82) is 0 Å². The van der Waals surface area contributed by atoms with Crippen molar-refractivity contribution in [3.8, 4) is 0 Å². The zero-order valence-electron chi connectivity index (χ0n) is 9.26. The maximum absolute atomic E-state index is 11.3. The lowest BCUT2D eigenvalue weighted by Gasteiger charge is -2.20. The van der Waals surface area contributed by atoms with Gasteiger partial charge in [0.1, 0.15) is 0 Å². The van der Waals surface area contributed by atoms with Gasteiger partial charge in [-0.25, -0.2) is 9.52 Å². The molecule has 16 heavy (non-hydrogen) atoms. The maximum atomic E-state index is 11.3. The van der Waals surface area contributed by atoms with Gasteiger partial charge in [-0.1, -0.05) is 0 Å². The van der Waals surface area contributed by atoms with Crippen molar-refractivity contribution in [2.45, 2.75) is 18.2 Å². The third-order valence-corrected chi connectivity index (χ3v) is 4.06. The summed E-state index contributed by atoms with van der Waals surface area (Å²) in [6.45, 7) is 1.43. The normalized spacial score (nSPS) is 15.2. The molecule has 0 heterocycles. The van der Waals surface area contributed by atoms with Gasteiger partial charge in [0.25, 0.3) is 0 Å². The molecular weight excluding hydrogens is 256 g/mol. The molecule has 0 aromatic carbocycles. The van der Waals surface area contributed by atoms with Gasteiger partial charge in [0.15, 0.2) is 0 Å². The van der Waals surface area contributed by atoms with Gasteiger partial charge in [0.2, 0.25) is 0 Å². The highest BCUT2D eigenvalue weighted by Crippen LogP contribution is 2.10. The van der Waals surface area contributed by atoms with Crippen LogP contribution in [0.2, 0.25) is 0 Å². The zero-order chi connectivity index (χ0) is 12.8. The number of amides is 1. The van der Waals surface area contributed by atoms with E-state index in [0.29, 0.717) is 0 Å². The molecule has 0 aliphatic carbocycles. The van der Waals surface area contributed by atoms with Crippen LogP contribution >= 0.6 is 11.8 Å². The van der Waals surface area contributed by atoms with Gasteiger partial charge < -0.3 is 9.84 Å². The third-order valence-electron chi connectivity index (χ3n) is 1.78. The molecule has 0 fully saturated rings. The van der Waals surface area contributed by atoms with Crippen LogP contribution in [-0.2, 0) is 14.9 Å². The van der Waals surface area contributed by atoms with Crippen LogP contribution in [0.1, 0.15) is 6.92 Å². The van der Waals surface area contributed by atoms with Gasteiger partial charge >= 0.3 is 16.3 Å². The van der Waals surface area contributed by atoms with E-state index in [1.165, 1.54) is 11.8 Å². The second-order valence-electron chi connectivity index (χ2n) is 2.96. The molecule has 0 aliphatic rings. The Morgan fingerprint density at radius 3 is 2.50 bits per heavy atom. The van der Waals surface area contributed by atoms with Crippen LogP contribution < -0.4 is 9.44 Å². The number of carbonyl (C=O) groups excluding carboxylic acids is 1. The Kier molecular flexibility index (Phi) is 6.72. The van der Waals surface area contributed by atoms with Gasteiger partial charge in [0, 0.05) is 11.3 Å². The van der Waals surface area contributed by atoms with Crippen molar-refractivity contribution in [1.82, 2.24) is 9.44 Å². The first-order valence-electron chi connectivity index (χ1n) is 4.38. The first-order chi connectivity index (χ1) is 7.36. The molecule has 2 unspecified atom stereocenters. The Hall–Kier alpha value is -0.510. The number of aliphatic hydroxyl groups is 1. The van der Waals surface area contributed by atoms with Crippen molar-refractivity contribution in [2.24, 2.45) is 0 Å². The van der Waals surface area contributed by atoms with Crippen LogP contribution in [0.4, 0.5) is 4.79 Å². The van der Waals surface area contributed by atoms with Crippen LogP contribution in [0.3, 0.4) is 0 Å². The highest BCUT2D eigenvalue weighted by molar-refractivity contribution is 7.99. The van der Waals surface area contributed by atoms with E-state index in [4.69, 9.17) is 5.11 Å². The topological polar surface area (TPSA) is 105 Å².